The van der Waals surface area contributed by atoms with E-state index in [-0.39, 0.29) is 0 Å². The van der Waals surface area contributed by atoms with Gasteiger partial charge in [-0.25, -0.2) is 0 Å². The molecule has 1 N–H and O–H groups in total. The number of rotatable bonds is 3. The molecule has 0 heterocycles. The van der Waals surface area contributed by atoms with Crippen LogP contribution in [0.3, 0.4) is 0 Å². The molecule has 0 radical (unpaired) electrons. The van der Waals surface area contributed by atoms with Gasteiger partial charge in [0, 0.05) is 20.7 Å². The molecule has 0 bridgehead atoms. The maximum Gasteiger partial charge on any atom is 0.0343 e. The Kier molecular flexibility index (Phi) is 3.94. The summed E-state index contributed by atoms with van der Waals surface area (Å²) in [6, 6.07) is 17.5. The van der Waals surface area contributed by atoms with Gasteiger partial charge in [-0.05, 0) is 54.7 Å². The van der Waals surface area contributed by atoms with Crippen molar-refractivity contribution in [2.75, 3.05) is 5.32 Å². The second-order valence-electron chi connectivity index (χ2n) is 5.04. The molecule has 1 nitrogen and oxygen atoms in total. The van der Waals surface area contributed by atoms with Crippen molar-refractivity contribution in [2.24, 2.45) is 0 Å². The lowest BCUT2D eigenvalue weighted by Crippen LogP contribution is -2.34. The second kappa shape index (κ2) is 5.68. The fourth-order valence-corrected chi connectivity index (χ4v) is 3.45. The minimum absolute atomic E-state index is 0.596. The molecule has 3 heteroatoms. The standard InChI is InChI=1S/C16H15Br2N/c17-12-5-7-13(8-6-12)19-14-9-11(10-14)15-3-1-2-4-16(15)18/h1-8,11,14,19H,9-10H2. The topological polar surface area (TPSA) is 12.0 Å². The van der Waals surface area contributed by atoms with Gasteiger partial charge in [-0.1, -0.05) is 50.1 Å². The predicted molar refractivity (Wildman–Crippen MR) is 87.7 cm³/mol. The van der Waals surface area contributed by atoms with Gasteiger partial charge in [-0.15, -0.1) is 0 Å². The molecule has 0 spiro atoms. The quantitative estimate of drug-likeness (QED) is 0.733. The summed E-state index contributed by atoms with van der Waals surface area (Å²) >= 11 is 7.10. The lowest BCUT2D eigenvalue weighted by Gasteiger charge is -2.37. The van der Waals surface area contributed by atoms with Gasteiger partial charge in [-0.3, -0.25) is 0 Å². The molecular formula is C16H15Br2N. The molecule has 19 heavy (non-hydrogen) atoms. The molecular weight excluding hydrogens is 366 g/mol. The van der Waals surface area contributed by atoms with Crippen LogP contribution in [0.2, 0.25) is 0 Å². The maximum atomic E-state index is 3.64. The van der Waals surface area contributed by atoms with Crippen LogP contribution in [0.15, 0.2) is 57.5 Å². The summed E-state index contributed by atoms with van der Waals surface area (Å²) in [7, 11) is 0. The van der Waals surface area contributed by atoms with Crippen molar-refractivity contribution < 1.29 is 0 Å². The number of hydrogen-bond donors (Lipinski definition) is 1. The van der Waals surface area contributed by atoms with Gasteiger partial charge < -0.3 is 5.32 Å². The van der Waals surface area contributed by atoms with Crippen molar-refractivity contribution in [1.82, 2.24) is 0 Å². The van der Waals surface area contributed by atoms with Crippen molar-refractivity contribution in [2.45, 2.75) is 24.8 Å². The third-order valence-electron chi connectivity index (χ3n) is 3.70. The zero-order valence-electron chi connectivity index (χ0n) is 10.4. The van der Waals surface area contributed by atoms with E-state index in [4.69, 9.17) is 0 Å². The summed E-state index contributed by atoms with van der Waals surface area (Å²) in [6.07, 6.45) is 2.41. The lowest BCUT2D eigenvalue weighted by atomic mass is 9.76. The fourth-order valence-electron chi connectivity index (χ4n) is 2.58. The first-order chi connectivity index (χ1) is 9.22. The first kappa shape index (κ1) is 13.2. The number of nitrogens with one attached hydrogen (secondary N) is 1. The first-order valence-electron chi connectivity index (χ1n) is 6.49. The molecule has 0 atom stereocenters. The summed E-state index contributed by atoms with van der Waals surface area (Å²) in [5.41, 5.74) is 2.65. The first-order valence-corrected chi connectivity index (χ1v) is 8.07. The van der Waals surface area contributed by atoms with Crippen LogP contribution in [0.1, 0.15) is 24.3 Å². The van der Waals surface area contributed by atoms with Crippen LogP contribution in [0, 0.1) is 0 Å². The van der Waals surface area contributed by atoms with E-state index in [0.717, 1.165) is 4.47 Å². The van der Waals surface area contributed by atoms with E-state index in [1.54, 1.807) is 0 Å². The molecule has 0 aliphatic heterocycles. The van der Waals surface area contributed by atoms with E-state index < -0.39 is 0 Å². The van der Waals surface area contributed by atoms with Gasteiger partial charge in [0.2, 0.25) is 0 Å². The predicted octanol–water partition coefficient (Wildman–Crippen LogP) is 5.57. The fraction of sp³-hybridized carbons (Fsp3) is 0.250. The van der Waals surface area contributed by atoms with Crippen molar-refractivity contribution in [3.05, 3.63) is 63.0 Å². The zero-order valence-corrected chi connectivity index (χ0v) is 13.6. The van der Waals surface area contributed by atoms with Crippen LogP contribution in [-0.4, -0.2) is 6.04 Å². The Bertz CT molecular complexity index is 559. The number of anilines is 1. The van der Waals surface area contributed by atoms with Gasteiger partial charge in [0.25, 0.3) is 0 Å². The highest BCUT2D eigenvalue weighted by Crippen LogP contribution is 2.41. The second-order valence-corrected chi connectivity index (χ2v) is 6.81. The average molecular weight is 381 g/mol. The minimum Gasteiger partial charge on any atom is -0.382 e. The molecule has 2 aromatic rings. The Morgan fingerprint density at radius 2 is 1.58 bits per heavy atom. The lowest BCUT2D eigenvalue weighted by molar-refractivity contribution is 0.373. The van der Waals surface area contributed by atoms with E-state index in [0.29, 0.717) is 12.0 Å². The molecule has 98 valence electrons. The van der Waals surface area contributed by atoms with Crippen molar-refractivity contribution in [3.63, 3.8) is 0 Å². The molecule has 0 aromatic heterocycles. The van der Waals surface area contributed by atoms with Crippen LogP contribution < -0.4 is 5.32 Å². The third kappa shape index (κ3) is 3.03. The average Bonchev–Trinajstić information content (AvgIpc) is 2.37. The summed E-state index contributed by atoms with van der Waals surface area (Å²) in [5, 5.41) is 3.59. The normalized spacial score (nSPS) is 21.8. The van der Waals surface area contributed by atoms with Crippen LogP contribution in [0.25, 0.3) is 0 Å². The molecule has 1 aliphatic carbocycles. The Labute approximate surface area is 130 Å². The highest BCUT2D eigenvalue weighted by atomic mass is 79.9. The van der Waals surface area contributed by atoms with Crippen LogP contribution in [0.4, 0.5) is 5.69 Å². The molecule has 3 rings (SSSR count). The summed E-state index contributed by atoms with van der Waals surface area (Å²) in [6.45, 7) is 0. The van der Waals surface area contributed by atoms with Crippen LogP contribution in [-0.2, 0) is 0 Å². The van der Waals surface area contributed by atoms with Crippen molar-refractivity contribution in [3.8, 4) is 0 Å². The molecule has 2 aromatic carbocycles. The maximum absolute atomic E-state index is 3.64. The van der Waals surface area contributed by atoms with E-state index in [1.165, 1.54) is 28.6 Å². The van der Waals surface area contributed by atoms with E-state index in [2.05, 4.69) is 85.7 Å². The van der Waals surface area contributed by atoms with Gasteiger partial charge in [0.05, 0.1) is 0 Å². The monoisotopic (exact) mass is 379 g/mol. The molecule has 0 amide bonds. The van der Waals surface area contributed by atoms with Gasteiger partial charge in [-0.2, -0.15) is 0 Å². The molecule has 1 aliphatic rings. The summed E-state index contributed by atoms with van der Waals surface area (Å²) in [4.78, 5) is 0. The molecule has 0 unspecified atom stereocenters. The largest absolute Gasteiger partial charge is 0.382 e. The smallest absolute Gasteiger partial charge is 0.0343 e. The Morgan fingerprint density at radius 1 is 0.895 bits per heavy atom. The van der Waals surface area contributed by atoms with Gasteiger partial charge in [0.1, 0.15) is 0 Å². The van der Waals surface area contributed by atoms with E-state index in [9.17, 15) is 0 Å². The third-order valence-corrected chi connectivity index (χ3v) is 4.95. The van der Waals surface area contributed by atoms with Crippen molar-refractivity contribution >= 4 is 37.5 Å². The van der Waals surface area contributed by atoms with Gasteiger partial charge in [0.15, 0.2) is 0 Å². The molecule has 0 saturated heterocycles. The van der Waals surface area contributed by atoms with E-state index >= 15 is 0 Å². The number of benzene rings is 2. The SMILES string of the molecule is Brc1ccc(NC2CC(c3ccccc3Br)C2)cc1. The van der Waals surface area contributed by atoms with Crippen molar-refractivity contribution in [1.29, 1.82) is 0 Å². The highest BCUT2D eigenvalue weighted by molar-refractivity contribution is 9.10. The minimum atomic E-state index is 0.596. The van der Waals surface area contributed by atoms with Crippen LogP contribution in [0.5, 0.6) is 0 Å². The van der Waals surface area contributed by atoms with E-state index in [1.807, 2.05) is 0 Å². The summed E-state index contributed by atoms with van der Waals surface area (Å²) in [5.74, 6) is 0.684. The molecule has 1 saturated carbocycles. The zero-order chi connectivity index (χ0) is 13.2. The van der Waals surface area contributed by atoms with Crippen LogP contribution >= 0.6 is 31.9 Å². The highest BCUT2D eigenvalue weighted by Gasteiger charge is 2.31. The number of halogens is 2. The Morgan fingerprint density at radius 3 is 2.26 bits per heavy atom. The molecule has 1 fully saturated rings. The van der Waals surface area contributed by atoms with Gasteiger partial charge >= 0.3 is 0 Å². The summed E-state index contributed by atoms with van der Waals surface area (Å²) < 4.78 is 2.36. The Balaban J connectivity index is 1.58. The Hall–Kier alpha value is -0.800. The number of hydrogen-bond acceptors (Lipinski definition) is 1.